The molecule has 7 heteroatoms. The second kappa shape index (κ2) is 5.75. The van der Waals surface area contributed by atoms with Crippen LogP contribution in [0.3, 0.4) is 0 Å². The number of nitro groups is 1. The maximum atomic E-state index is 10.8. The van der Waals surface area contributed by atoms with Crippen LogP contribution in [0.15, 0.2) is 18.2 Å². The van der Waals surface area contributed by atoms with Gasteiger partial charge in [-0.1, -0.05) is 40.3 Å². The molecule has 1 atom stereocenters. The second-order valence-corrected chi connectivity index (χ2v) is 6.19. The lowest BCUT2D eigenvalue weighted by Crippen LogP contribution is -1.90. The fraction of sp³-hybridized carbons (Fsp3) is 0.333. The molecule has 0 fully saturated rings. The number of halogens is 1. The lowest BCUT2D eigenvalue weighted by atomic mass is 10.1. The quantitative estimate of drug-likeness (QED) is 0.473. The highest BCUT2D eigenvalue weighted by Gasteiger charge is 2.16. The van der Waals surface area contributed by atoms with E-state index in [0.717, 1.165) is 22.6 Å². The minimum Gasteiger partial charge on any atom is -0.258 e. The maximum Gasteiger partial charge on any atom is 0.270 e. The van der Waals surface area contributed by atoms with Crippen molar-refractivity contribution in [3.05, 3.63) is 38.9 Å². The van der Waals surface area contributed by atoms with Crippen molar-refractivity contribution in [2.24, 2.45) is 0 Å². The average molecular weight is 342 g/mol. The fourth-order valence-electron chi connectivity index (χ4n) is 1.60. The Labute approximate surface area is 123 Å². The predicted octanol–water partition coefficient (Wildman–Crippen LogP) is 4.27. The van der Waals surface area contributed by atoms with Gasteiger partial charge in [0.2, 0.25) is 0 Å². The number of nitro benzene ring substituents is 1. The second-order valence-electron chi connectivity index (χ2n) is 4.08. The van der Waals surface area contributed by atoms with E-state index in [9.17, 15) is 10.1 Å². The van der Waals surface area contributed by atoms with Crippen molar-refractivity contribution in [1.82, 2.24) is 10.2 Å². The summed E-state index contributed by atoms with van der Waals surface area (Å²) in [5.74, 6) is 0. The van der Waals surface area contributed by atoms with Gasteiger partial charge in [-0.3, -0.25) is 10.1 Å². The highest BCUT2D eigenvalue weighted by Crippen LogP contribution is 2.34. The first kappa shape index (κ1) is 14.1. The summed E-state index contributed by atoms with van der Waals surface area (Å²) in [4.78, 5) is 10.6. The van der Waals surface area contributed by atoms with Crippen LogP contribution in [0.1, 0.15) is 28.7 Å². The van der Waals surface area contributed by atoms with E-state index in [1.165, 1.54) is 17.4 Å². The number of aromatic nitrogens is 2. The average Bonchev–Trinajstić information content (AvgIpc) is 2.87. The molecule has 0 aliphatic carbocycles. The first-order valence-electron chi connectivity index (χ1n) is 5.75. The molecule has 1 aromatic heterocycles. The number of non-ortho nitro benzene ring substituents is 1. The molecule has 0 spiro atoms. The number of aryl methyl sites for hydroxylation is 1. The van der Waals surface area contributed by atoms with Crippen LogP contribution in [-0.2, 0) is 0 Å². The van der Waals surface area contributed by atoms with E-state index in [4.69, 9.17) is 0 Å². The molecule has 2 rings (SSSR count). The van der Waals surface area contributed by atoms with Gasteiger partial charge in [0.05, 0.1) is 9.75 Å². The summed E-state index contributed by atoms with van der Waals surface area (Å²) in [6.45, 7) is 3.96. The van der Waals surface area contributed by atoms with Crippen molar-refractivity contribution < 1.29 is 4.92 Å². The maximum absolute atomic E-state index is 10.8. The van der Waals surface area contributed by atoms with Crippen molar-refractivity contribution >= 4 is 33.0 Å². The van der Waals surface area contributed by atoms with Crippen LogP contribution in [0.4, 0.5) is 5.69 Å². The number of nitrogens with zero attached hydrogens (tertiary/aromatic N) is 3. The Balaban J connectivity index is 2.43. The Hall–Kier alpha value is -1.34. The monoisotopic (exact) mass is 341 g/mol. The lowest BCUT2D eigenvalue weighted by molar-refractivity contribution is -0.384. The zero-order valence-electron chi connectivity index (χ0n) is 10.5. The molecular weight excluding hydrogens is 330 g/mol. The van der Waals surface area contributed by atoms with Crippen LogP contribution < -0.4 is 0 Å². The molecule has 1 aromatic carbocycles. The molecular formula is C12H12BrN3O2S. The molecule has 1 unspecified atom stereocenters. The molecule has 19 heavy (non-hydrogen) atoms. The number of benzene rings is 1. The van der Waals surface area contributed by atoms with Gasteiger partial charge in [-0.25, -0.2) is 0 Å². The summed E-state index contributed by atoms with van der Waals surface area (Å²) in [5, 5.41) is 20.7. The zero-order chi connectivity index (χ0) is 14.0. The molecule has 2 aromatic rings. The molecule has 0 amide bonds. The van der Waals surface area contributed by atoms with E-state index in [0.29, 0.717) is 5.01 Å². The summed E-state index contributed by atoms with van der Waals surface area (Å²) >= 11 is 4.99. The molecule has 1 heterocycles. The third-order valence-electron chi connectivity index (χ3n) is 2.73. The largest absolute Gasteiger partial charge is 0.270 e. The van der Waals surface area contributed by atoms with Crippen molar-refractivity contribution in [3.63, 3.8) is 0 Å². The smallest absolute Gasteiger partial charge is 0.258 e. The topological polar surface area (TPSA) is 68.9 Å². The Kier molecular flexibility index (Phi) is 4.26. The van der Waals surface area contributed by atoms with Crippen LogP contribution in [0.2, 0.25) is 0 Å². The van der Waals surface area contributed by atoms with Crippen molar-refractivity contribution in [3.8, 4) is 10.6 Å². The Morgan fingerprint density at radius 3 is 2.84 bits per heavy atom. The van der Waals surface area contributed by atoms with Crippen molar-refractivity contribution in [2.45, 2.75) is 25.1 Å². The van der Waals surface area contributed by atoms with Gasteiger partial charge in [0.25, 0.3) is 5.69 Å². The van der Waals surface area contributed by atoms with Crippen LogP contribution in [-0.4, -0.2) is 15.1 Å². The fourth-order valence-corrected chi connectivity index (χ4v) is 2.96. The van der Waals surface area contributed by atoms with Gasteiger partial charge in [-0.15, -0.1) is 10.2 Å². The number of hydrogen-bond donors (Lipinski definition) is 0. The lowest BCUT2D eigenvalue weighted by Gasteiger charge is -2.01. The highest BCUT2D eigenvalue weighted by atomic mass is 79.9. The van der Waals surface area contributed by atoms with Gasteiger partial charge in [0.1, 0.15) is 10.0 Å². The van der Waals surface area contributed by atoms with E-state index in [1.807, 2.05) is 6.92 Å². The summed E-state index contributed by atoms with van der Waals surface area (Å²) in [6, 6.07) is 4.79. The zero-order valence-corrected chi connectivity index (χ0v) is 12.9. The molecule has 0 saturated carbocycles. The number of hydrogen-bond acceptors (Lipinski definition) is 5. The number of rotatable bonds is 4. The molecule has 0 saturated heterocycles. The van der Waals surface area contributed by atoms with Crippen LogP contribution in [0.5, 0.6) is 0 Å². The predicted molar refractivity (Wildman–Crippen MR) is 78.7 cm³/mol. The van der Waals surface area contributed by atoms with Crippen LogP contribution >= 0.6 is 27.3 Å². The Morgan fingerprint density at radius 2 is 2.21 bits per heavy atom. The summed E-state index contributed by atoms with van der Waals surface area (Å²) in [7, 11) is 0. The van der Waals surface area contributed by atoms with Crippen molar-refractivity contribution in [2.75, 3.05) is 0 Å². The van der Waals surface area contributed by atoms with E-state index >= 15 is 0 Å². The van der Waals surface area contributed by atoms with Gasteiger partial charge in [-0.05, 0) is 18.9 Å². The molecule has 5 nitrogen and oxygen atoms in total. The summed E-state index contributed by atoms with van der Waals surface area (Å²) in [5.41, 5.74) is 1.80. The summed E-state index contributed by atoms with van der Waals surface area (Å²) in [6.07, 6.45) is 0.919. The van der Waals surface area contributed by atoms with Gasteiger partial charge in [0.15, 0.2) is 0 Å². The van der Waals surface area contributed by atoms with Gasteiger partial charge in [0, 0.05) is 17.7 Å². The third kappa shape index (κ3) is 2.98. The van der Waals surface area contributed by atoms with Gasteiger partial charge >= 0.3 is 0 Å². The summed E-state index contributed by atoms with van der Waals surface area (Å²) < 4.78 is 0. The number of alkyl halides is 1. The first-order valence-corrected chi connectivity index (χ1v) is 7.49. The Morgan fingerprint density at radius 1 is 1.47 bits per heavy atom. The van der Waals surface area contributed by atoms with Crippen LogP contribution in [0, 0.1) is 17.0 Å². The third-order valence-corrected chi connectivity index (χ3v) is 5.18. The molecule has 0 aliphatic rings. The van der Waals surface area contributed by atoms with E-state index in [2.05, 4.69) is 33.1 Å². The van der Waals surface area contributed by atoms with Gasteiger partial charge < -0.3 is 0 Å². The SMILES string of the molecule is CCC(Br)c1nnc(-c2cc([N+](=O)[O-])ccc2C)s1. The minimum absolute atomic E-state index is 0.0724. The first-order chi connectivity index (χ1) is 9.02. The van der Waals surface area contributed by atoms with E-state index in [-0.39, 0.29) is 10.5 Å². The standard InChI is InChI=1S/C12H12BrN3O2S/c1-3-10(13)12-15-14-11(19-12)9-6-8(16(17)18)5-4-7(9)2/h4-6,10H,3H2,1-2H3. The van der Waals surface area contributed by atoms with E-state index < -0.39 is 4.92 Å². The molecule has 0 N–H and O–H groups in total. The van der Waals surface area contributed by atoms with E-state index in [1.54, 1.807) is 12.1 Å². The Bertz CT molecular complexity index is 615. The van der Waals surface area contributed by atoms with Crippen LogP contribution in [0.25, 0.3) is 10.6 Å². The highest BCUT2D eigenvalue weighted by molar-refractivity contribution is 9.09. The normalized spacial score (nSPS) is 12.4. The van der Waals surface area contributed by atoms with Gasteiger partial charge in [-0.2, -0.15) is 0 Å². The minimum atomic E-state index is -0.399. The molecule has 0 bridgehead atoms. The van der Waals surface area contributed by atoms with Crippen molar-refractivity contribution in [1.29, 1.82) is 0 Å². The molecule has 100 valence electrons. The molecule has 0 aliphatic heterocycles. The molecule has 0 radical (unpaired) electrons.